The van der Waals surface area contributed by atoms with Crippen LogP contribution in [-0.4, -0.2) is 60.8 Å². The third-order valence-electron chi connectivity index (χ3n) is 6.65. The maximum atomic E-state index is 12.9. The number of H-pyrrole nitrogens is 1. The van der Waals surface area contributed by atoms with Crippen LogP contribution in [-0.2, 0) is 16.1 Å². The summed E-state index contributed by atoms with van der Waals surface area (Å²) in [5, 5.41) is 0.492. The highest BCUT2D eigenvalue weighted by Crippen LogP contribution is 2.34. The van der Waals surface area contributed by atoms with Crippen LogP contribution in [0.1, 0.15) is 24.8 Å². The Balaban J connectivity index is 1.51. The number of piperidine rings is 1. The van der Waals surface area contributed by atoms with Gasteiger partial charge in [-0.05, 0) is 55.6 Å². The van der Waals surface area contributed by atoms with Crippen LogP contribution in [0, 0.1) is 5.92 Å². The van der Waals surface area contributed by atoms with Crippen molar-refractivity contribution in [2.45, 2.75) is 25.8 Å². The van der Waals surface area contributed by atoms with E-state index in [4.69, 9.17) is 4.74 Å². The highest BCUT2D eigenvalue weighted by atomic mass is 16.5. The molecule has 8 nitrogen and oxygen atoms in total. The molecule has 1 aromatic heterocycles. The van der Waals surface area contributed by atoms with E-state index in [1.807, 2.05) is 25.9 Å². The second-order valence-electron chi connectivity index (χ2n) is 8.97. The molecular formula is C26H32N4O4. The van der Waals surface area contributed by atoms with E-state index in [2.05, 4.69) is 34.1 Å². The predicted octanol–water partition coefficient (Wildman–Crippen LogP) is 2.42. The molecule has 0 radical (unpaired) electrons. The first-order valence-electron chi connectivity index (χ1n) is 11.8. The van der Waals surface area contributed by atoms with Gasteiger partial charge >= 0.3 is 11.7 Å². The summed E-state index contributed by atoms with van der Waals surface area (Å²) < 4.78 is 6.65. The molecule has 0 aliphatic carbocycles. The lowest BCUT2D eigenvalue weighted by Gasteiger charge is -2.37. The molecule has 2 heterocycles. The van der Waals surface area contributed by atoms with Gasteiger partial charge in [0.2, 0.25) is 0 Å². The molecule has 0 amide bonds. The third-order valence-corrected chi connectivity index (χ3v) is 6.65. The van der Waals surface area contributed by atoms with Gasteiger partial charge in [0, 0.05) is 39.4 Å². The zero-order valence-corrected chi connectivity index (χ0v) is 20.0. The van der Waals surface area contributed by atoms with Crippen LogP contribution in [0.15, 0.2) is 58.1 Å². The molecule has 1 saturated heterocycles. The second-order valence-corrected chi connectivity index (χ2v) is 8.97. The van der Waals surface area contributed by atoms with E-state index >= 15 is 0 Å². The zero-order chi connectivity index (χ0) is 24.2. The number of fused-ring (bicyclic) bond motifs is 1. The first kappa shape index (κ1) is 23.8. The molecule has 180 valence electrons. The van der Waals surface area contributed by atoms with Gasteiger partial charge in [-0.1, -0.05) is 24.3 Å². The number of ether oxygens (including phenoxy) is 1. The van der Waals surface area contributed by atoms with Gasteiger partial charge < -0.3 is 19.5 Å². The minimum atomic E-state index is -0.415. The lowest BCUT2D eigenvalue weighted by molar-refractivity contribution is -0.150. The summed E-state index contributed by atoms with van der Waals surface area (Å²) in [4.78, 5) is 45.2. The van der Waals surface area contributed by atoms with Crippen LogP contribution >= 0.6 is 0 Å². The highest BCUT2D eigenvalue weighted by molar-refractivity contribution is 5.77. The Bertz CT molecular complexity index is 1260. The number of likely N-dealkylation sites (tertiary alicyclic amines) is 1. The molecule has 2 atom stereocenters. The number of anilines is 1. The zero-order valence-electron chi connectivity index (χ0n) is 20.0. The summed E-state index contributed by atoms with van der Waals surface area (Å²) in [5.41, 5.74) is 2.07. The molecule has 1 aliphatic heterocycles. The standard InChI is InChI=1S/C26H32N4O4/c1-4-34-25(32)22-17-29(14-13-20(22)18-9-11-19(12-10-18)28(2)3)15-16-30-24(31)21-7-5-6-8-23(21)27-26(30)33/h5-12,20,22H,4,13-17H2,1-3H3,(H,27,33). The van der Waals surface area contributed by atoms with Crippen LogP contribution in [0.5, 0.6) is 0 Å². The van der Waals surface area contributed by atoms with Crippen molar-refractivity contribution < 1.29 is 9.53 Å². The van der Waals surface area contributed by atoms with E-state index < -0.39 is 5.69 Å². The van der Waals surface area contributed by atoms with Gasteiger partial charge in [-0.2, -0.15) is 0 Å². The Morgan fingerprint density at radius 2 is 1.82 bits per heavy atom. The highest BCUT2D eigenvalue weighted by Gasteiger charge is 2.36. The normalized spacial score (nSPS) is 18.7. The second kappa shape index (κ2) is 10.3. The Kier molecular flexibility index (Phi) is 7.17. The molecule has 8 heteroatoms. The van der Waals surface area contributed by atoms with Gasteiger partial charge in [-0.3, -0.25) is 14.2 Å². The largest absolute Gasteiger partial charge is 0.466 e. The molecule has 3 aromatic rings. The first-order valence-corrected chi connectivity index (χ1v) is 11.8. The molecule has 1 fully saturated rings. The van der Waals surface area contributed by atoms with E-state index in [1.165, 1.54) is 4.57 Å². The van der Waals surface area contributed by atoms with E-state index in [1.54, 1.807) is 24.3 Å². The van der Waals surface area contributed by atoms with Gasteiger partial charge in [-0.25, -0.2) is 4.79 Å². The van der Waals surface area contributed by atoms with Gasteiger partial charge in [0.05, 0.1) is 23.4 Å². The topological polar surface area (TPSA) is 87.6 Å². The molecule has 2 unspecified atom stereocenters. The van der Waals surface area contributed by atoms with Gasteiger partial charge in [-0.15, -0.1) is 0 Å². The number of esters is 1. The van der Waals surface area contributed by atoms with E-state index in [0.717, 1.165) is 24.2 Å². The lowest BCUT2D eigenvalue weighted by atomic mass is 9.80. The minimum Gasteiger partial charge on any atom is -0.466 e. The van der Waals surface area contributed by atoms with Crippen LogP contribution < -0.4 is 16.1 Å². The number of aromatic nitrogens is 2. The molecule has 0 bridgehead atoms. The summed E-state index contributed by atoms with van der Waals surface area (Å²) in [5.74, 6) is -0.432. The molecule has 0 saturated carbocycles. The Morgan fingerprint density at radius 3 is 2.53 bits per heavy atom. The van der Waals surface area contributed by atoms with Crippen LogP contribution in [0.2, 0.25) is 0 Å². The summed E-state index contributed by atoms with van der Waals surface area (Å²) in [6.45, 7) is 4.22. The monoisotopic (exact) mass is 464 g/mol. The van der Waals surface area contributed by atoms with Crippen molar-refractivity contribution in [2.24, 2.45) is 5.92 Å². The van der Waals surface area contributed by atoms with Gasteiger partial charge in [0.25, 0.3) is 5.56 Å². The molecule has 1 aliphatic rings. The van der Waals surface area contributed by atoms with Crippen LogP contribution in [0.3, 0.4) is 0 Å². The fraction of sp³-hybridized carbons (Fsp3) is 0.423. The molecule has 1 N–H and O–H groups in total. The summed E-state index contributed by atoms with van der Waals surface area (Å²) >= 11 is 0. The first-order chi connectivity index (χ1) is 16.4. The molecule has 2 aromatic carbocycles. The van der Waals surface area contributed by atoms with Crippen molar-refractivity contribution in [3.05, 3.63) is 74.9 Å². The van der Waals surface area contributed by atoms with E-state index in [-0.39, 0.29) is 29.9 Å². The van der Waals surface area contributed by atoms with Gasteiger partial charge in [0.15, 0.2) is 0 Å². The molecular weight excluding hydrogens is 432 g/mol. The molecule has 4 rings (SSSR count). The fourth-order valence-electron chi connectivity index (χ4n) is 4.77. The van der Waals surface area contributed by atoms with Crippen molar-refractivity contribution in [2.75, 3.05) is 45.2 Å². The number of aromatic amines is 1. The number of rotatable bonds is 7. The maximum absolute atomic E-state index is 12.9. The third kappa shape index (κ3) is 4.92. The summed E-state index contributed by atoms with van der Waals surface area (Å²) in [6, 6.07) is 15.3. The van der Waals surface area contributed by atoms with Gasteiger partial charge in [0.1, 0.15) is 0 Å². The average molecular weight is 465 g/mol. The average Bonchev–Trinajstić information content (AvgIpc) is 2.84. The number of benzene rings is 2. The Labute approximate surface area is 198 Å². The Hall–Kier alpha value is -3.39. The molecule has 34 heavy (non-hydrogen) atoms. The number of hydrogen-bond donors (Lipinski definition) is 1. The van der Waals surface area contributed by atoms with Crippen molar-refractivity contribution in [1.29, 1.82) is 0 Å². The van der Waals surface area contributed by atoms with Crippen molar-refractivity contribution in [3.63, 3.8) is 0 Å². The maximum Gasteiger partial charge on any atom is 0.328 e. The summed E-state index contributed by atoms with van der Waals surface area (Å²) in [7, 11) is 4.00. The smallest absolute Gasteiger partial charge is 0.328 e. The quantitative estimate of drug-likeness (QED) is 0.541. The van der Waals surface area contributed by atoms with Crippen LogP contribution in [0.25, 0.3) is 10.9 Å². The minimum absolute atomic E-state index is 0.0679. The number of para-hydroxylation sites is 1. The number of carbonyl (C=O) groups is 1. The fourth-order valence-corrected chi connectivity index (χ4v) is 4.77. The van der Waals surface area contributed by atoms with Crippen molar-refractivity contribution in [1.82, 2.24) is 14.5 Å². The SMILES string of the molecule is CCOC(=O)C1CN(CCn2c(=O)[nH]c3ccccc3c2=O)CCC1c1ccc(N(C)C)cc1. The Morgan fingerprint density at radius 1 is 1.09 bits per heavy atom. The predicted molar refractivity (Wildman–Crippen MR) is 134 cm³/mol. The van der Waals surface area contributed by atoms with Crippen LogP contribution in [0.4, 0.5) is 5.69 Å². The van der Waals surface area contributed by atoms with E-state index in [0.29, 0.717) is 30.6 Å². The lowest BCUT2D eigenvalue weighted by Crippen LogP contribution is -2.46. The number of carbonyl (C=O) groups excluding carboxylic acids is 1. The number of nitrogens with one attached hydrogen (secondary N) is 1. The number of nitrogens with zero attached hydrogens (tertiary/aromatic N) is 3. The number of hydrogen-bond acceptors (Lipinski definition) is 6. The molecule has 0 spiro atoms. The summed E-state index contributed by atoms with van der Waals surface area (Å²) in [6.07, 6.45) is 0.799. The van der Waals surface area contributed by atoms with E-state index in [9.17, 15) is 14.4 Å². The van der Waals surface area contributed by atoms with Crippen molar-refractivity contribution in [3.8, 4) is 0 Å². The van der Waals surface area contributed by atoms with Crippen molar-refractivity contribution >= 4 is 22.6 Å².